The summed E-state index contributed by atoms with van der Waals surface area (Å²) in [5.74, 6) is 0. The number of aromatic nitrogens is 1. The molecule has 1 heterocycles. The number of pyridine rings is 1. The van der Waals surface area contributed by atoms with E-state index < -0.39 is 0 Å². The van der Waals surface area contributed by atoms with E-state index in [-0.39, 0.29) is 0 Å². The van der Waals surface area contributed by atoms with E-state index in [2.05, 4.69) is 29.3 Å². The Hall–Kier alpha value is -1.50. The number of hydrogen-bond acceptors (Lipinski definition) is 3. The van der Waals surface area contributed by atoms with Crippen LogP contribution in [0.2, 0.25) is 5.02 Å². The molecule has 0 bridgehead atoms. The third-order valence-corrected chi connectivity index (χ3v) is 4.75. The van der Waals surface area contributed by atoms with Gasteiger partial charge in [0.15, 0.2) is 0 Å². The van der Waals surface area contributed by atoms with Crippen molar-refractivity contribution in [3.63, 3.8) is 0 Å². The number of hydrogen-bond donors (Lipinski definition) is 0. The van der Waals surface area contributed by atoms with Gasteiger partial charge in [-0.25, -0.2) is 4.98 Å². The van der Waals surface area contributed by atoms with Crippen molar-refractivity contribution < 1.29 is 0 Å². The molecule has 0 N–H and O–H groups in total. The Kier molecular flexibility index (Phi) is 3.46. The van der Waals surface area contributed by atoms with Gasteiger partial charge in [0.1, 0.15) is 11.1 Å². The largest absolute Gasteiger partial charge is 0.248 e. The van der Waals surface area contributed by atoms with Gasteiger partial charge in [0.25, 0.3) is 0 Å². The van der Waals surface area contributed by atoms with Gasteiger partial charge >= 0.3 is 0 Å². The minimum absolute atomic E-state index is 0.440. The Labute approximate surface area is 121 Å². The lowest BCUT2D eigenvalue weighted by Crippen LogP contribution is -1.87. The maximum Gasteiger partial charge on any atom is 0.121 e. The number of fused-ring (bicyclic) bond motifs is 1. The van der Waals surface area contributed by atoms with Crippen LogP contribution in [-0.2, 0) is 12.8 Å². The highest BCUT2D eigenvalue weighted by Crippen LogP contribution is 2.35. The van der Waals surface area contributed by atoms with E-state index in [0.717, 1.165) is 11.3 Å². The topological polar surface area (TPSA) is 36.7 Å². The molecule has 1 aliphatic rings. The molecule has 0 unspecified atom stereocenters. The van der Waals surface area contributed by atoms with Crippen LogP contribution < -0.4 is 0 Å². The first-order valence-corrected chi connectivity index (χ1v) is 7.31. The van der Waals surface area contributed by atoms with E-state index in [1.165, 1.54) is 35.7 Å². The average molecular weight is 287 g/mol. The maximum absolute atomic E-state index is 8.96. The normalized spacial score (nSPS) is 13.1. The lowest BCUT2D eigenvalue weighted by atomic mass is 10.1. The lowest BCUT2D eigenvalue weighted by Gasteiger charge is -2.06. The van der Waals surface area contributed by atoms with Crippen LogP contribution in [0.5, 0.6) is 0 Å². The van der Waals surface area contributed by atoms with Crippen molar-refractivity contribution in [1.29, 1.82) is 5.26 Å². The summed E-state index contributed by atoms with van der Waals surface area (Å²) in [6.45, 7) is 0. The van der Waals surface area contributed by atoms with Crippen molar-refractivity contribution in [3.8, 4) is 6.07 Å². The van der Waals surface area contributed by atoms with Crippen LogP contribution >= 0.6 is 23.4 Å². The quantitative estimate of drug-likeness (QED) is 0.828. The number of halogens is 1. The zero-order valence-electron chi connectivity index (χ0n) is 10.2. The van der Waals surface area contributed by atoms with Crippen molar-refractivity contribution >= 4 is 23.4 Å². The minimum Gasteiger partial charge on any atom is -0.248 e. The first kappa shape index (κ1) is 12.5. The van der Waals surface area contributed by atoms with Crippen LogP contribution in [0.25, 0.3) is 0 Å². The zero-order valence-corrected chi connectivity index (χ0v) is 11.8. The number of aryl methyl sites for hydroxylation is 2. The lowest BCUT2D eigenvalue weighted by molar-refractivity contribution is 0.911. The van der Waals surface area contributed by atoms with Gasteiger partial charge in [-0.3, -0.25) is 0 Å². The second kappa shape index (κ2) is 5.24. The molecule has 0 aliphatic heterocycles. The van der Waals surface area contributed by atoms with Crippen LogP contribution in [0.1, 0.15) is 23.1 Å². The second-order valence-electron chi connectivity index (χ2n) is 4.48. The number of benzene rings is 1. The Morgan fingerprint density at radius 2 is 2.05 bits per heavy atom. The van der Waals surface area contributed by atoms with Gasteiger partial charge in [-0.1, -0.05) is 29.4 Å². The summed E-state index contributed by atoms with van der Waals surface area (Å²) in [4.78, 5) is 5.39. The summed E-state index contributed by atoms with van der Waals surface area (Å²) in [6, 6.07) is 10.2. The molecule has 4 heteroatoms. The summed E-state index contributed by atoms with van der Waals surface area (Å²) in [7, 11) is 0. The van der Waals surface area contributed by atoms with Gasteiger partial charge in [-0.05, 0) is 48.6 Å². The molecule has 2 aromatic rings. The molecule has 1 aromatic carbocycles. The maximum atomic E-state index is 8.96. The van der Waals surface area contributed by atoms with E-state index in [0.29, 0.717) is 15.6 Å². The Bertz CT molecular complexity index is 676. The van der Waals surface area contributed by atoms with Gasteiger partial charge < -0.3 is 0 Å². The van der Waals surface area contributed by atoms with Crippen LogP contribution in [0, 0.1) is 11.3 Å². The highest BCUT2D eigenvalue weighted by Gasteiger charge is 2.13. The molecule has 0 saturated heterocycles. The smallest absolute Gasteiger partial charge is 0.121 e. The van der Waals surface area contributed by atoms with E-state index in [1.807, 2.05) is 0 Å². The molecule has 0 radical (unpaired) electrons. The van der Waals surface area contributed by atoms with Crippen molar-refractivity contribution in [2.24, 2.45) is 0 Å². The molecule has 0 saturated carbocycles. The molecule has 0 atom stereocenters. The summed E-state index contributed by atoms with van der Waals surface area (Å²) in [5.41, 5.74) is 3.35. The molecule has 19 heavy (non-hydrogen) atoms. The van der Waals surface area contributed by atoms with E-state index >= 15 is 0 Å². The average Bonchev–Trinajstić information content (AvgIpc) is 2.88. The third-order valence-electron chi connectivity index (χ3n) is 3.26. The van der Waals surface area contributed by atoms with Gasteiger partial charge in [-0.15, -0.1) is 0 Å². The Morgan fingerprint density at radius 3 is 2.89 bits per heavy atom. The van der Waals surface area contributed by atoms with E-state index in [1.54, 1.807) is 12.3 Å². The van der Waals surface area contributed by atoms with Gasteiger partial charge in [0, 0.05) is 11.1 Å². The molecular formula is C15H11ClN2S. The SMILES string of the molecule is N#Cc1ccnc(Sc2ccc3c(c2)CCC3)c1Cl. The van der Waals surface area contributed by atoms with Crippen LogP contribution in [0.3, 0.4) is 0 Å². The van der Waals surface area contributed by atoms with E-state index in [4.69, 9.17) is 16.9 Å². The van der Waals surface area contributed by atoms with Crippen LogP contribution in [0.15, 0.2) is 40.4 Å². The number of nitriles is 1. The molecule has 3 rings (SSSR count). The third kappa shape index (κ3) is 2.47. The van der Waals surface area contributed by atoms with Crippen molar-refractivity contribution in [2.45, 2.75) is 29.2 Å². The Balaban J connectivity index is 1.92. The summed E-state index contributed by atoms with van der Waals surface area (Å²) in [6.07, 6.45) is 5.21. The van der Waals surface area contributed by atoms with E-state index in [9.17, 15) is 0 Å². The molecule has 0 fully saturated rings. The molecule has 0 amide bonds. The standard InChI is InChI=1S/C15H11ClN2S/c16-14-12(9-17)6-7-18-15(14)19-13-5-4-10-2-1-3-11(10)8-13/h4-8H,1-3H2. The highest BCUT2D eigenvalue weighted by molar-refractivity contribution is 7.99. The van der Waals surface area contributed by atoms with Gasteiger partial charge in [0.2, 0.25) is 0 Å². The Morgan fingerprint density at radius 1 is 1.21 bits per heavy atom. The first-order chi connectivity index (χ1) is 9.28. The summed E-state index contributed by atoms with van der Waals surface area (Å²) < 4.78 is 0. The molecule has 2 nitrogen and oxygen atoms in total. The predicted molar refractivity (Wildman–Crippen MR) is 76.6 cm³/mol. The fourth-order valence-electron chi connectivity index (χ4n) is 2.31. The molecule has 1 aliphatic carbocycles. The van der Waals surface area contributed by atoms with Crippen LogP contribution in [-0.4, -0.2) is 4.98 Å². The van der Waals surface area contributed by atoms with Gasteiger partial charge in [-0.2, -0.15) is 5.26 Å². The highest BCUT2D eigenvalue weighted by atomic mass is 35.5. The number of rotatable bonds is 2. The fourth-order valence-corrected chi connectivity index (χ4v) is 3.45. The second-order valence-corrected chi connectivity index (χ2v) is 5.92. The molecule has 94 valence electrons. The zero-order chi connectivity index (χ0) is 13.2. The first-order valence-electron chi connectivity index (χ1n) is 6.12. The predicted octanol–water partition coefficient (Wildman–Crippen LogP) is 4.25. The number of nitrogens with zero attached hydrogens (tertiary/aromatic N) is 2. The van der Waals surface area contributed by atoms with Crippen LogP contribution in [0.4, 0.5) is 0 Å². The summed E-state index contributed by atoms with van der Waals surface area (Å²) >= 11 is 7.69. The van der Waals surface area contributed by atoms with Crippen molar-refractivity contribution in [3.05, 3.63) is 52.2 Å². The van der Waals surface area contributed by atoms with Gasteiger partial charge in [0.05, 0.1) is 10.6 Å². The molecule has 0 spiro atoms. The van der Waals surface area contributed by atoms with Crippen molar-refractivity contribution in [1.82, 2.24) is 4.98 Å². The molecular weight excluding hydrogens is 276 g/mol. The fraction of sp³-hybridized carbons (Fsp3) is 0.200. The van der Waals surface area contributed by atoms with Crippen molar-refractivity contribution in [2.75, 3.05) is 0 Å². The summed E-state index contributed by atoms with van der Waals surface area (Å²) in [5, 5.41) is 10.1. The minimum atomic E-state index is 0.440. The monoisotopic (exact) mass is 286 g/mol. The molecule has 1 aromatic heterocycles.